The molecule has 0 amide bonds. The zero-order valence-electron chi connectivity index (χ0n) is 16.1. The minimum atomic E-state index is -0.200. The molecule has 1 aliphatic rings. The summed E-state index contributed by atoms with van der Waals surface area (Å²) in [5, 5.41) is 14.1. The number of rotatable bonds is 5. The van der Waals surface area contributed by atoms with E-state index in [1.807, 2.05) is 41.8 Å². The van der Waals surface area contributed by atoms with Crippen LogP contribution >= 0.6 is 11.3 Å². The Morgan fingerprint density at radius 2 is 2.07 bits per heavy atom. The third-order valence-electron chi connectivity index (χ3n) is 5.41. The molecule has 150 valence electrons. The van der Waals surface area contributed by atoms with Crippen molar-refractivity contribution in [2.75, 3.05) is 25.1 Å². The summed E-state index contributed by atoms with van der Waals surface area (Å²) in [6.07, 6.45) is 9.26. The normalized spacial score (nSPS) is 16.3. The van der Waals surface area contributed by atoms with E-state index in [0.29, 0.717) is 25.7 Å². The summed E-state index contributed by atoms with van der Waals surface area (Å²) in [4.78, 5) is 9.44. The number of aryl methyl sites for hydroxylation is 1. The van der Waals surface area contributed by atoms with Gasteiger partial charge in [0.1, 0.15) is 0 Å². The predicted octanol–water partition coefficient (Wildman–Crippen LogP) is 2.50. The van der Waals surface area contributed by atoms with E-state index in [9.17, 15) is 0 Å². The summed E-state index contributed by atoms with van der Waals surface area (Å²) in [6.45, 7) is 1.94. The molecular weight excluding hydrogens is 388 g/mol. The topological polar surface area (TPSA) is 109 Å². The number of fused-ring (bicyclic) bond motifs is 1. The Balaban J connectivity index is 1.54. The first kappa shape index (κ1) is 18.2. The van der Waals surface area contributed by atoms with Gasteiger partial charge in [0.2, 0.25) is 5.95 Å². The summed E-state index contributed by atoms with van der Waals surface area (Å²) in [5.74, 6) is 0.534. The first-order chi connectivity index (χ1) is 14.2. The van der Waals surface area contributed by atoms with Gasteiger partial charge in [-0.15, -0.1) is 11.3 Å². The number of hydrogen-bond acceptors (Lipinski definition) is 8. The average Bonchev–Trinajstić information content (AvgIpc) is 3.49. The van der Waals surface area contributed by atoms with Gasteiger partial charge in [0, 0.05) is 44.8 Å². The molecule has 0 aromatic carbocycles. The Bertz CT molecular complexity index is 1140. The zero-order valence-corrected chi connectivity index (χ0v) is 16.9. The van der Waals surface area contributed by atoms with Gasteiger partial charge >= 0.3 is 0 Å². The van der Waals surface area contributed by atoms with Gasteiger partial charge in [0.25, 0.3) is 0 Å². The Morgan fingerprint density at radius 3 is 2.83 bits per heavy atom. The van der Waals surface area contributed by atoms with E-state index in [1.54, 1.807) is 22.2 Å². The molecule has 0 saturated carbocycles. The van der Waals surface area contributed by atoms with E-state index in [0.717, 1.165) is 40.0 Å². The van der Waals surface area contributed by atoms with Gasteiger partial charge in [-0.25, -0.2) is 9.97 Å². The second-order valence-electron chi connectivity index (χ2n) is 7.27. The summed E-state index contributed by atoms with van der Waals surface area (Å²) in [5.41, 5.74) is 9.50. The van der Waals surface area contributed by atoms with Crippen molar-refractivity contribution in [2.45, 2.75) is 18.4 Å². The second kappa shape index (κ2) is 7.21. The third-order valence-corrected chi connectivity index (χ3v) is 6.32. The fourth-order valence-corrected chi connectivity index (χ4v) is 4.56. The number of anilines is 2. The minimum absolute atomic E-state index is 0.200. The molecule has 0 atom stereocenters. The van der Waals surface area contributed by atoms with Crippen LogP contribution < -0.4 is 11.1 Å². The van der Waals surface area contributed by atoms with Gasteiger partial charge in [0.05, 0.1) is 39.5 Å². The Hall–Kier alpha value is -2.82. The summed E-state index contributed by atoms with van der Waals surface area (Å²) in [7, 11) is 1.87. The first-order valence-electron chi connectivity index (χ1n) is 9.51. The maximum absolute atomic E-state index is 6.15. The Kier molecular flexibility index (Phi) is 4.53. The number of hydrogen-bond donors (Lipinski definition) is 2. The van der Waals surface area contributed by atoms with Crippen molar-refractivity contribution >= 4 is 33.2 Å². The molecule has 0 radical (unpaired) electrons. The van der Waals surface area contributed by atoms with Crippen molar-refractivity contribution < 1.29 is 4.74 Å². The fourth-order valence-electron chi connectivity index (χ4n) is 3.71. The van der Waals surface area contributed by atoms with Crippen molar-refractivity contribution in [2.24, 2.45) is 12.8 Å². The number of thiophene rings is 1. The van der Waals surface area contributed by atoms with E-state index in [2.05, 4.69) is 20.5 Å². The molecule has 1 saturated heterocycles. The minimum Gasteiger partial charge on any atom is -0.381 e. The molecule has 0 aliphatic carbocycles. The number of nitrogens with zero attached hydrogens (tertiary/aromatic N) is 6. The highest BCUT2D eigenvalue weighted by molar-refractivity contribution is 7.17. The highest BCUT2D eigenvalue weighted by Gasteiger charge is 2.34. The molecule has 0 unspecified atom stereocenters. The molecule has 10 heteroatoms. The lowest BCUT2D eigenvalue weighted by atomic mass is 9.90. The highest BCUT2D eigenvalue weighted by Crippen LogP contribution is 2.34. The van der Waals surface area contributed by atoms with Crippen LogP contribution in [0.4, 0.5) is 11.6 Å². The van der Waals surface area contributed by atoms with Crippen LogP contribution in [-0.4, -0.2) is 49.3 Å². The molecule has 0 spiro atoms. The maximum Gasteiger partial charge on any atom is 0.228 e. The van der Waals surface area contributed by atoms with E-state index in [4.69, 9.17) is 15.5 Å². The first-order valence-corrected chi connectivity index (χ1v) is 10.4. The van der Waals surface area contributed by atoms with Crippen LogP contribution in [0.1, 0.15) is 12.8 Å². The lowest BCUT2D eigenvalue weighted by Gasteiger charge is -2.36. The molecule has 1 fully saturated rings. The lowest BCUT2D eigenvalue weighted by molar-refractivity contribution is 0.0193. The molecule has 9 nitrogen and oxygen atoms in total. The van der Waals surface area contributed by atoms with Crippen LogP contribution in [0, 0.1) is 0 Å². The van der Waals surface area contributed by atoms with E-state index in [1.165, 1.54) is 0 Å². The summed E-state index contributed by atoms with van der Waals surface area (Å²) < 4.78 is 10.3. The predicted molar refractivity (Wildman–Crippen MR) is 112 cm³/mol. The van der Waals surface area contributed by atoms with Gasteiger partial charge in [0.15, 0.2) is 0 Å². The van der Waals surface area contributed by atoms with Crippen molar-refractivity contribution in [1.29, 1.82) is 0 Å². The van der Waals surface area contributed by atoms with Crippen LogP contribution in [0.15, 0.2) is 36.2 Å². The smallest absolute Gasteiger partial charge is 0.228 e. The molecule has 1 aliphatic heterocycles. The van der Waals surface area contributed by atoms with Gasteiger partial charge in [-0.3, -0.25) is 9.36 Å². The molecule has 3 N–H and O–H groups in total. The molecule has 4 aromatic rings. The number of nitrogens with two attached hydrogens (primary N) is 1. The van der Waals surface area contributed by atoms with Crippen LogP contribution in [0.3, 0.4) is 0 Å². The van der Waals surface area contributed by atoms with Crippen LogP contribution in [0.2, 0.25) is 0 Å². The molecule has 5 heterocycles. The lowest BCUT2D eigenvalue weighted by Crippen LogP contribution is -2.46. The number of aromatic nitrogens is 6. The van der Waals surface area contributed by atoms with E-state index >= 15 is 0 Å². The second-order valence-corrected chi connectivity index (χ2v) is 8.19. The van der Waals surface area contributed by atoms with Crippen LogP contribution in [0.25, 0.3) is 21.5 Å². The van der Waals surface area contributed by atoms with E-state index < -0.39 is 0 Å². The SMILES string of the molecule is Cn1cc(Nc2nc(-c3cnn(C4(CN)CCOCC4)c3)c3sccc3n2)cn1. The molecule has 5 rings (SSSR count). The zero-order chi connectivity index (χ0) is 19.8. The van der Waals surface area contributed by atoms with Crippen molar-refractivity contribution in [3.05, 3.63) is 36.2 Å². The number of ether oxygens (including phenoxy) is 1. The summed E-state index contributed by atoms with van der Waals surface area (Å²) in [6, 6.07) is 2.00. The van der Waals surface area contributed by atoms with Crippen LogP contribution in [0.5, 0.6) is 0 Å². The van der Waals surface area contributed by atoms with Crippen molar-refractivity contribution in [3.63, 3.8) is 0 Å². The third kappa shape index (κ3) is 3.28. The Labute approximate surface area is 171 Å². The average molecular weight is 411 g/mol. The highest BCUT2D eigenvalue weighted by atomic mass is 32.1. The molecule has 4 aromatic heterocycles. The van der Waals surface area contributed by atoms with Gasteiger partial charge in [-0.1, -0.05) is 0 Å². The maximum atomic E-state index is 6.15. The monoisotopic (exact) mass is 410 g/mol. The standard InChI is InChI=1S/C19H22N8OS/c1-26-11-14(9-21-26)23-18-24-15-2-7-29-17(15)16(25-18)13-8-22-27(10-13)19(12-20)3-5-28-6-4-19/h2,7-11H,3-6,12,20H2,1H3,(H,23,24,25). The fraction of sp³-hybridized carbons (Fsp3) is 0.368. The molecule has 29 heavy (non-hydrogen) atoms. The molecular formula is C19H22N8OS. The Morgan fingerprint density at radius 1 is 1.21 bits per heavy atom. The van der Waals surface area contributed by atoms with E-state index in [-0.39, 0.29) is 5.54 Å². The van der Waals surface area contributed by atoms with Gasteiger partial charge in [-0.2, -0.15) is 10.2 Å². The summed E-state index contributed by atoms with van der Waals surface area (Å²) >= 11 is 1.63. The van der Waals surface area contributed by atoms with Crippen molar-refractivity contribution in [1.82, 2.24) is 29.5 Å². The van der Waals surface area contributed by atoms with Crippen molar-refractivity contribution in [3.8, 4) is 11.3 Å². The van der Waals surface area contributed by atoms with Gasteiger partial charge < -0.3 is 15.8 Å². The van der Waals surface area contributed by atoms with Crippen LogP contribution in [-0.2, 0) is 17.3 Å². The largest absolute Gasteiger partial charge is 0.381 e. The quantitative estimate of drug-likeness (QED) is 0.520. The van der Waals surface area contributed by atoms with Gasteiger partial charge in [-0.05, 0) is 24.3 Å². The molecule has 0 bridgehead atoms. The number of nitrogens with one attached hydrogen (secondary N) is 1.